The molecule has 1 rings (SSSR count). The van der Waals surface area contributed by atoms with Crippen LogP contribution in [0.15, 0.2) is 0 Å². The molecule has 3 nitrogen and oxygen atoms in total. The zero-order chi connectivity index (χ0) is 8.81. The van der Waals surface area contributed by atoms with Crippen LogP contribution in [-0.4, -0.2) is 36.9 Å². The van der Waals surface area contributed by atoms with E-state index >= 15 is 0 Å². The number of β-amino-alcohol motifs (C(OH)–C–C–N with tert-alkyl or cyclic N) is 1. The number of nitrogens with one attached hydrogen (secondary N) is 2. The Morgan fingerprint density at radius 1 is 1.42 bits per heavy atom. The van der Waals surface area contributed by atoms with E-state index < -0.39 is 0 Å². The van der Waals surface area contributed by atoms with E-state index in [1.54, 1.807) is 0 Å². The Morgan fingerprint density at radius 3 is 2.83 bits per heavy atom. The highest BCUT2D eigenvalue weighted by molar-refractivity contribution is 4.85. The fraction of sp³-hybridized carbons (Fsp3) is 1.00. The predicted molar refractivity (Wildman–Crippen MR) is 50.2 cm³/mol. The molecular formula is C9H20N2O. The fourth-order valence-corrected chi connectivity index (χ4v) is 1.54. The Labute approximate surface area is 74.5 Å². The molecule has 0 aromatic carbocycles. The van der Waals surface area contributed by atoms with Crippen molar-refractivity contribution in [3.8, 4) is 0 Å². The van der Waals surface area contributed by atoms with Crippen molar-refractivity contribution >= 4 is 0 Å². The molecule has 1 saturated heterocycles. The first-order valence-corrected chi connectivity index (χ1v) is 4.96. The van der Waals surface area contributed by atoms with E-state index in [4.69, 9.17) is 0 Å². The van der Waals surface area contributed by atoms with E-state index in [1.165, 1.54) is 19.3 Å². The third kappa shape index (κ3) is 3.09. The average molecular weight is 172 g/mol. The van der Waals surface area contributed by atoms with Gasteiger partial charge >= 0.3 is 0 Å². The molecule has 0 radical (unpaired) electrons. The van der Waals surface area contributed by atoms with Crippen LogP contribution in [0.2, 0.25) is 0 Å². The number of unbranched alkanes of at least 4 members (excludes halogenated alkanes) is 2. The van der Waals surface area contributed by atoms with Crippen molar-refractivity contribution in [1.82, 2.24) is 10.6 Å². The van der Waals surface area contributed by atoms with Gasteiger partial charge in [-0.2, -0.15) is 0 Å². The van der Waals surface area contributed by atoms with Gasteiger partial charge in [0.05, 0.1) is 6.10 Å². The average Bonchev–Trinajstić information content (AvgIpc) is 2.46. The van der Waals surface area contributed by atoms with Gasteiger partial charge in [0.2, 0.25) is 0 Å². The van der Waals surface area contributed by atoms with Crippen molar-refractivity contribution < 1.29 is 5.11 Å². The van der Waals surface area contributed by atoms with Crippen LogP contribution < -0.4 is 10.6 Å². The normalized spacial score (nSPS) is 29.5. The summed E-state index contributed by atoms with van der Waals surface area (Å²) >= 11 is 0. The summed E-state index contributed by atoms with van der Waals surface area (Å²) in [5.41, 5.74) is 0. The summed E-state index contributed by atoms with van der Waals surface area (Å²) in [7, 11) is 0. The summed E-state index contributed by atoms with van der Waals surface area (Å²) in [5.74, 6) is 0. The molecule has 1 heterocycles. The first-order chi connectivity index (χ1) is 5.84. The van der Waals surface area contributed by atoms with Crippen molar-refractivity contribution in [1.29, 1.82) is 0 Å². The smallest absolute Gasteiger partial charge is 0.0829 e. The Balaban J connectivity index is 1.98. The molecule has 3 N–H and O–H groups in total. The van der Waals surface area contributed by atoms with Crippen LogP contribution in [0.3, 0.4) is 0 Å². The molecule has 0 spiro atoms. The molecule has 0 bridgehead atoms. The summed E-state index contributed by atoms with van der Waals surface area (Å²) in [6.45, 7) is 4.89. The van der Waals surface area contributed by atoms with Crippen LogP contribution in [0.5, 0.6) is 0 Å². The van der Waals surface area contributed by atoms with Crippen molar-refractivity contribution in [2.75, 3.05) is 19.6 Å². The van der Waals surface area contributed by atoms with Gasteiger partial charge in [-0.3, -0.25) is 0 Å². The fourth-order valence-electron chi connectivity index (χ4n) is 1.54. The lowest BCUT2D eigenvalue weighted by Crippen LogP contribution is -2.39. The van der Waals surface area contributed by atoms with Gasteiger partial charge in [-0.15, -0.1) is 0 Å². The van der Waals surface area contributed by atoms with Crippen molar-refractivity contribution in [3.63, 3.8) is 0 Å². The molecule has 0 aliphatic carbocycles. The molecule has 0 saturated carbocycles. The van der Waals surface area contributed by atoms with Gasteiger partial charge in [-0.25, -0.2) is 0 Å². The van der Waals surface area contributed by atoms with E-state index in [-0.39, 0.29) is 12.1 Å². The highest BCUT2D eigenvalue weighted by Gasteiger charge is 2.23. The lowest BCUT2D eigenvalue weighted by molar-refractivity contribution is 0.163. The largest absolute Gasteiger partial charge is 0.390 e. The maximum Gasteiger partial charge on any atom is 0.0829 e. The maximum atomic E-state index is 9.42. The number of rotatable bonds is 5. The number of hydrogen-bond acceptors (Lipinski definition) is 3. The predicted octanol–water partition coefficient (Wildman–Crippen LogP) is 0.0989. The van der Waals surface area contributed by atoms with E-state index in [9.17, 15) is 5.11 Å². The summed E-state index contributed by atoms with van der Waals surface area (Å²) in [6.07, 6.45) is 3.57. The highest BCUT2D eigenvalue weighted by Crippen LogP contribution is 1.99. The van der Waals surface area contributed by atoms with Gasteiger partial charge in [-0.05, 0) is 13.0 Å². The van der Waals surface area contributed by atoms with Crippen molar-refractivity contribution in [3.05, 3.63) is 0 Å². The molecule has 1 aliphatic heterocycles. The van der Waals surface area contributed by atoms with Gasteiger partial charge in [-0.1, -0.05) is 19.8 Å². The van der Waals surface area contributed by atoms with E-state index in [0.717, 1.165) is 19.6 Å². The zero-order valence-electron chi connectivity index (χ0n) is 7.84. The summed E-state index contributed by atoms with van der Waals surface area (Å²) in [6, 6.07) is 0.279. The summed E-state index contributed by atoms with van der Waals surface area (Å²) in [5, 5.41) is 15.9. The number of hydrogen-bond donors (Lipinski definition) is 3. The minimum absolute atomic E-state index is 0.188. The lowest BCUT2D eigenvalue weighted by Gasteiger charge is -2.14. The lowest BCUT2D eigenvalue weighted by atomic mass is 10.2. The van der Waals surface area contributed by atoms with E-state index in [0.29, 0.717) is 0 Å². The standard InChI is InChI=1S/C9H20N2O/c1-2-3-4-5-11-8-6-10-7-9(8)12/h8-12H,2-7H2,1H3/t8-,9-/m1/s1. The van der Waals surface area contributed by atoms with Crippen LogP contribution in [0.1, 0.15) is 26.2 Å². The Kier molecular flexibility index (Phi) is 4.58. The van der Waals surface area contributed by atoms with Crippen molar-refractivity contribution in [2.24, 2.45) is 0 Å². The number of aliphatic hydroxyl groups is 1. The first kappa shape index (κ1) is 9.96. The monoisotopic (exact) mass is 172 g/mol. The second kappa shape index (κ2) is 5.51. The van der Waals surface area contributed by atoms with Gasteiger partial charge in [0.1, 0.15) is 0 Å². The van der Waals surface area contributed by atoms with Gasteiger partial charge in [0.15, 0.2) is 0 Å². The Hall–Kier alpha value is -0.120. The molecular weight excluding hydrogens is 152 g/mol. The minimum atomic E-state index is -0.188. The molecule has 0 aromatic rings. The summed E-state index contributed by atoms with van der Waals surface area (Å²) < 4.78 is 0. The van der Waals surface area contributed by atoms with Crippen LogP contribution >= 0.6 is 0 Å². The Morgan fingerprint density at radius 2 is 2.25 bits per heavy atom. The third-order valence-electron chi connectivity index (χ3n) is 2.37. The van der Waals surface area contributed by atoms with Crippen LogP contribution in [0.25, 0.3) is 0 Å². The zero-order valence-corrected chi connectivity index (χ0v) is 7.84. The minimum Gasteiger partial charge on any atom is -0.390 e. The molecule has 0 amide bonds. The van der Waals surface area contributed by atoms with Crippen molar-refractivity contribution in [2.45, 2.75) is 38.3 Å². The molecule has 1 aliphatic rings. The third-order valence-corrected chi connectivity index (χ3v) is 2.37. The second-order valence-corrected chi connectivity index (χ2v) is 3.49. The van der Waals surface area contributed by atoms with E-state index in [1.807, 2.05) is 0 Å². The van der Waals surface area contributed by atoms with Crippen LogP contribution in [0.4, 0.5) is 0 Å². The summed E-state index contributed by atoms with van der Waals surface area (Å²) in [4.78, 5) is 0. The second-order valence-electron chi connectivity index (χ2n) is 3.49. The SMILES string of the molecule is CCCCCN[C@@H]1CNC[C@H]1O. The molecule has 0 aromatic heterocycles. The topological polar surface area (TPSA) is 44.3 Å². The van der Waals surface area contributed by atoms with E-state index in [2.05, 4.69) is 17.6 Å². The quantitative estimate of drug-likeness (QED) is 0.515. The Bertz CT molecular complexity index is 119. The molecule has 2 atom stereocenters. The van der Waals surface area contributed by atoms with Crippen LogP contribution in [-0.2, 0) is 0 Å². The molecule has 72 valence electrons. The molecule has 12 heavy (non-hydrogen) atoms. The van der Waals surface area contributed by atoms with Gasteiger partial charge in [0, 0.05) is 19.1 Å². The molecule has 0 unspecified atom stereocenters. The molecule has 3 heteroatoms. The van der Waals surface area contributed by atoms with Gasteiger partial charge in [0.25, 0.3) is 0 Å². The number of aliphatic hydroxyl groups excluding tert-OH is 1. The molecule has 1 fully saturated rings. The van der Waals surface area contributed by atoms with Crippen LogP contribution in [0, 0.1) is 0 Å². The highest BCUT2D eigenvalue weighted by atomic mass is 16.3. The maximum absolute atomic E-state index is 9.42. The van der Waals surface area contributed by atoms with Gasteiger partial charge < -0.3 is 15.7 Å². The first-order valence-electron chi connectivity index (χ1n) is 4.96.